The van der Waals surface area contributed by atoms with E-state index in [1.165, 1.54) is 4.31 Å². The van der Waals surface area contributed by atoms with Crippen LogP contribution in [-0.4, -0.2) is 50.8 Å². The van der Waals surface area contributed by atoms with E-state index in [1.807, 2.05) is 12.1 Å². The van der Waals surface area contributed by atoms with Gasteiger partial charge in [-0.05, 0) is 25.5 Å². The lowest BCUT2D eigenvalue weighted by Gasteiger charge is -2.24. The van der Waals surface area contributed by atoms with E-state index in [9.17, 15) is 13.2 Å². The zero-order valence-electron chi connectivity index (χ0n) is 13.5. The average molecular weight is 352 g/mol. The fourth-order valence-electron chi connectivity index (χ4n) is 3.77. The number of nitrogens with zero attached hydrogens (tertiary/aromatic N) is 2. The lowest BCUT2D eigenvalue weighted by atomic mass is 9.86. The number of rotatable bonds is 3. The molecule has 0 radical (unpaired) electrons. The van der Waals surface area contributed by atoms with Crippen molar-refractivity contribution in [3.63, 3.8) is 0 Å². The van der Waals surface area contributed by atoms with Gasteiger partial charge in [0.05, 0.1) is 5.75 Å². The van der Waals surface area contributed by atoms with Gasteiger partial charge >= 0.3 is 0 Å². The normalized spacial score (nSPS) is 26.7. The van der Waals surface area contributed by atoms with Crippen LogP contribution in [0, 0.1) is 5.41 Å². The Hall–Kier alpha value is -1.80. The van der Waals surface area contributed by atoms with Gasteiger partial charge in [-0.3, -0.25) is 4.79 Å². The van der Waals surface area contributed by atoms with Gasteiger partial charge in [-0.1, -0.05) is 0 Å². The third-order valence-corrected chi connectivity index (χ3v) is 6.98. The highest BCUT2D eigenvalue weighted by molar-refractivity contribution is 7.89. The summed E-state index contributed by atoms with van der Waals surface area (Å²) in [5, 5.41) is 0. The molecule has 1 amide bonds. The molecule has 2 fully saturated rings. The average Bonchev–Trinajstić information content (AvgIpc) is 3.26. The SMILES string of the molecule is CCS(=O)(=O)N1CC[C@]2(CC(=O)N(c3ccc4c(c3)OCO4)C2)C1. The number of benzene rings is 1. The largest absolute Gasteiger partial charge is 0.454 e. The Labute approximate surface area is 141 Å². The molecule has 0 aliphatic carbocycles. The second-order valence-electron chi connectivity index (χ2n) is 6.68. The Balaban J connectivity index is 1.56. The predicted molar refractivity (Wildman–Crippen MR) is 87.6 cm³/mol. The second-order valence-corrected chi connectivity index (χ2v) is 8.94. The van der Waals surface area contributed by atoms with E-state index in [2.05, 4.69) is 0 Å². The van der Waals surface area contributed by atoms with Gasteiger partial charge in [0.1, 0.15) is 0 Å². The van der Waals surface area contributed by atoms with Gasteiger partial charge in [-0.2, -0.15) is 0 Å². The second kappa shape index (κ2) is 5.35. The molecule has 0 N–H and O–H groups in total. The molecule has 2 saturated heterocycles. The summed E-state index contributed by atoms with van der Waals surface area (Å²) in [6, 6.07) is 5.47. The summed E-state index contributed by atoms with van der Waals surface area (Å²) >= 11 is 0. The summed E-state index contributed by atoms with van der Waals surface area (Å²) in [4.78, 5) is 14.3. The van der Waals surface area contributed by atoms with Crippen LogP contribution in [0.15, 0.2) is 18.2 Å². The van der Waals surface area contributed by atoms with Crippen molar-refractivity contribution < 1.29 is 22.7 Å². The van der Waals surface area contributed by atoms with Crippen LogP contribution < -0.4 is 14.4 Å². The number of carbonyl (C=O) groups is 1. The van der Waals surface area contributed by atoms with Crippen LogP contribution in [0.5, 0.6) is 11.5 Å². The van der Waals surface area contributed by atoms with Gasteiger partial charge in [0.25, 0.3) is 0 Å². The lowest BCUT2D eigenvalue weighted by Crippen LogP contribution is -2.34. The van der Waals surface area contributed by atoms with Crippen molar-refractivity contribution >= 4 is 21.6 Å². The van der Waals surface area contributed by atoms with Crippen LogP contribution in [0.3, 0.4) is 0 Å². The van der Waals surface area contributed by atoms with E-state index < -0.39 is 10.0 Å². The van der Waals surface area contributed by atoms with Crippen molar-refractivity contribution in [3.8, 4) is 11.5 Å². The molecule has 3 heterocycles. The molecule has 1 aromatic carbocycles. The van der Waals surface area contributed by atoms with Crippen molar-refractivity contribution in [1.29, 1.82) is 0 Å². The minimum absolute atomic E-state index is 0.0320. The summed E-state index contributed by atoms with van der Waals surface area (Å²) in [6.45, 7) is 3.31. The Bertz CT molecular complexity index is 794. The summed E-state index contributed by atoms with van der Waals surface area (Å²) in [6.07, 6.45) is 1.11. The summed E-state index contributed by atoms with van der Waals surface area (Å²) in [7, 11) is -3.20. The van der Waals surface area contributed by atoms with E-state index in [-0.39, 0.29) is 23.9 Å². The molecule has 1 aromatic rings. The maximum atomic E-state index is 12.5. The number of sulfonamides is 1. The molecule has 1 atom stereocenters. The first-order chi connectivity index (χ1) is 11.4. The summed E-state index contributed by atoms with van der Waals surface area (Å²) in [5.41, 5.74) is 0.494. The van der Waals surface area contributed by atoms with Crippen molar-refractivity contribution in [2.75, 3.05) is 37.1 Å². The fraction of sp³-hybridized carbons (Fsp3) is 0.562. The molecule has 24 heavy (non-hydrogen) atoms. The number of amides is 1. The van der Waals surface area contributed by atoms with Crippen molar-refractivity contribution in [2.45, 2.75) is 19.8 Å². The first-order valence-corrected chi connectivity index (χ1v) is 9.71. The molecular weight excluding hydrogens is 332 g/mol. The van der Waals surface area contributed by atoms with Gasteiger partial charge in [-0.15, -0.1) is 0 Å². The maximum absolute atomic E-state index is 12.5. The molecule has 0 bridgehead atoms. The number of hydrogen-bond acceptors (Lipinski definition) is 5. The van der Waals surface area contributed by atoms with Gasteiger partial charge in [0, 0.05) is 43.2 Å². The third-order valence-electron chi connectivity index (χ3n) is 5.15. The highest BCUT2D eigenvalue weighted by Gasteiger charge is 2.50. The van der Waals surface area contributed by atoms with Gasteiger partial charge in [-0.25, -0.2) is 12.7 Å². The van der Waals surface area contributed by atoms with E-state index in [4.69, 9.17) is 9.47 Å². The van der Waals surface area contributed by atoms with Crippen LogP contribution in [0.1, 0.15) is 19.8 Å². The van der Waals surface area contributed by atoms with E-state index in [1.54, 1.807) is 17.9 Å². The zero-order chi connectivity index (χ0) is 16.9. The highest BCUT2D eigenvalue weighted by atomic mass is 32.2. The molecule has 8 heteroatoms. The maximum Gasteiger partial charge on any atom is 0.231 e. The van der Waals surface area contributed by atoms with Gasteiger partial charge < -0.3 is 14.4 Å². The molecular formula is C16H20N2O5S. The standard InChI is InChI=1S/C16H20N2O5S/c1-2-24(20,21)17-6-5-16(9-17)8-15(19)18(10-16)12-3-4-13-14(7-12)23-11-22-13/h3-4,7H,2,5-6,8-11H2,1H3/t16-/m0/s1. The molecule has 4 rings (SSSR count). The number of fused-ring (bicyclic) bond motifs is 1. The molecule has 0 saturated carbocycles. The van der Waals surface area contributed by atoms with Crippen molar-refractivity contribution in [2.24, 2.45) is 5.41 Å². The van der Waals surface area contributed by atoms with E-state index in [0.717, 1.165) is 12.1 Å². The number of hydrogen-bond donors (Lipinski definition) is 0. The zero-order valence-corrected chi connectivity index (χ0v) is 14.3. The molecule has 3 aliphatic heterocycles. The van der Waals surface area contributed by atoms with Crippen molar-refractivity contribution in [1.82, 2.24) is 4.31 Å². The fourth-order valence-corrected chi connectivity index (χ4v) is 4.98. The molecule has 7 nitrogen and oxygen atoms in total. The van der Waals surface area contributed by atoms with Crippen LogP contribution in [0.2, 0.25) is 0 Å². The smallest absolute Gasteiger partial charge is 0.231 e. The van der Waals surface area contributed by atoms with E-state index in [0.29, 0.717) is 37.6 Å². The monoisotopic (exact) mass is 352 g/mol. The Morgan fingerprint density at radius 2 is 2.00 bits per heavy atom. The minimum atomic E-state index is -3.20. The number of carbonyl (C=O) groups excluding carboxylic acids is 1. The molecule has 3 aliphatic rings. The van der Waals surface area contributed by atoms with Crippen LogP contribution in [0.4, 0.5) is 5.69 Å². The molecule has 0 unspecified atom stereocenters. The topological polar surface area (TPSA) is 76.2 Å². The van der Waals surface area contributed by atoms with Gasteiger partial charge in [0.2, 0.25) is 22.7 Å². The third kappa shape index (κ3) is 2.44. The lowest BCUT2D eigenvalue weighted by molar-refractivity contribution is -0.117. The van der Waals surface area contributed by atoms with Crippen LogP contribution in [0.25, 0.3) is 0 Å². The molecule has 130 valence electrons. The summed E-state index contributed by atoms with van der Waals surface area (Å²) < 4.78 is 36.4. The first kappa shape index (κ1) is 15.7. The minimum Gasteiger partial charge on any atom is -0.454 e. The number of ether oxygens (including phenoxy) is 2. The Kier molecular flexibility index (Phi) is 3.50. The van der Waals surface area contributed by atoms with Crippen molar-refractivity contribution in [3.05, 3.63) is 18.2 Å². The van der Waals surface area contributed by atoms with E-state index >= 15 is 0 Å². The first-order valence-electron chi connectivity index (χ1n) is 8.10. The number of anilines is 1. The molecule has 0 aromatic heterocycles. The van der Waals surface area contributed by atoms with Gasteiger partial charge in [0.15, 0.2) is 11.5 Å². The van der Waals surface area contributed by atoms with Crippen LogP contribution >= 0.6 is 0 Å². The van der Waals surface area contributed by atoms with Crippen LogP contribution in [-0.2, 0) is 14.8 Å². The Morgan fingerprint density at radius 1 is 1.21 bits per heavy atom. The Morgan fingerprint density at radius 3 is 2.79 bits per heavy atom. The molecule has 1 spiro atoms. The quantitative estimate of drug-likeness (QED) is 0.817. The highest BCUT2D eigenvalue weighted by Crippen LogP contribution is 2.44. The summed E-state index contributed by atoms with van der Waals surface area (Å²) in [5.74, 6) is 1.46. The predicted octanol–water partition coefficient (Wildman–Crippen LogP) is 1.19.